The summed E-state index contributed by atoms with van der Waals surface area (Å²) in [6.07, 6.45) is 0. The van der Waals surface area contributed by atoms with E-state index in [1.807, 2.05) is 0 Å². The number of nitrogens with zero attached hydrogens (tertiary/aromatic N) is 2. The lowest BCUT2D eigenvalue weighted by Gasteiger charge is -2.16. The minimum atomic E-state index is -3.68. The van der Waals surface area contributed by atoms with Crippen LogP contribution in [0.4, 0.5) is 4.39 Å². The van der Waals surface area contributed by atoms with Crippen molar-refractivity contribution in [1.82, 2.24) is 9.29 Å². The van der Waals surface area contributed by atoms with Gasteiger partial charge in [0.05, 0.1) is 5.69 Å². The van der Waals surface area contributed by atoms with Crippen LogP contribution in [0.5, 0.6) is 0 Å². The van der Waals surface area contributed by atoms with Crippen molar-refractivity contribution < 1.29 is 12.8 Å². The van der Waals surface area contributed by atoms with Crippen LogP contribution in [-0.4, -0.2) is 24.8 Å². The summed E-state index contributed by atoms with van der Waals surface area (Å²) >= 11 is 6.65. The molecule has 4 nitrogen and oxygen atoms in total. The molecule has 0 aliphatic carbocycles. The molecule has 2 rings (SSSR count). The Bertz CT molecular complexity index is 731. The van der Waals surface area contributed by atoms with Crippen LogP contribution in [0.15, 0.2) is 28.5 Å². The van der Waals surface area contributed by atoms with Gasteiger partial charge in [-0.05, 0) is 24.6 Å². The summed E-state index contributed by atoms with van der Waals surface area (Å²) < 4.78 is 39.4. The summed E-state index contributed by atoms with van der Waals surface area (Å²) in [5.74, 6) is -0.398. The standard InChI is InChI=1S/C12H12ClFN2O2S2/c1-8-11(19-12(13)15-8)20(17,18)16(2)7-9-4-3-5-10(14)6-9/h3-6H,7H2,1-2H3. The summed E-state index contributed by atoms with van der Waals surface area (Å²) in [6, 6.07) is 5.82. The van der Waals surface area contributed by atoms with E-state index in [9.17, 15) is 12.8 Å². The molecule has 108 valence electrons. The highest BCUT2D eigenvalue weighted by molar-refractivity contribution is 7.91. The SMILES string of the molecule is Cc1nc(Cl)sc1S(=O)(=O)N(C)Cc1cccc(F)c1. The number of halogens is 2. The minimum absolute atomic E-state index is 0.0784. The number of rotatable bonds is 4. The average molecular weight is 335 g/mol. The fourth-order valence-electron chi connectivity index (χ4n) is 1.71. The maximum Gasteiger partial charge on any atom is 0.254 e. The number of aryl methyl sites for hydroxylation is 1. The fraction of sp³-hybridized carbons (Fsp3) is 0.250. The van der Waals surface area contributed by atoms with E-state index in [4.69, 9.17) is 11.6 Å². The van der Waals surface area contributed by atoms with Crippen LogP contribution in [0.25, 0.3) is 0 Å². The molecule has 0 saturated carbocycles. The number of hydrogen-bond acceptors (Lipinski definition) is 4. The molecule has 0 saturated heterocycles. The zero-order valence-electron chi connectivity index (χ0n) is 10.8. The van der Waals surface area contributed by atoms with E-state index in [1.54, 1.807) is 19.1 Å². The number of aromatic nitrogens is 1. The van der Waals surface area contributed by atoms with Crippen molar-refractivity contribution in [3.05, 3.63) is 45.8 Å². The van der Waals surface area contributed by atoms with Crippen molar-refractivity contribution in [2.24, 2.45) is 0 Å². The van der Waals surface area contributed by atoms with E-state index in [1.165, 1.54) is 19.2 Å². The largest absolute Gasteiger partial charge is 0.254 e. The lowest BCUT2D eigenvalue weighted by molar-refractivity contribution is 0.466. The van der Waals surface area contributed by atoms with Crippen LogP contribution in [-0.2, 0) is 16.6 Å². The molecule has 1 aromatic heterocycles. The molecule has 0 aliphatic heterocycles. The van der Waals surface area contributed by atoms with E-state index in [0.29, 0.717) is 11.3 Å². The molecular weight excluding hydrogens is 323 g/mol. The van der Waals surface area contributed by atoms with Gasteiger partial charge in [0.25, 0.3) is 10.0 Å². The highest BCUT2D eigenvalue weighted by atomic mass is 35.5. The Morgan fingerprint density at radius 2 is 2.15 bits per heavy atom. The Morgan fingerprint density at radius 1 is 1.45 bits per heavy atom. The number of hydrogen-bond donors (Lipinski definition) is 0. The monoisotopic (exact) mass is 334 g/mol. The van der Waals surface area contributed by atoms with Gasteiger partial charge in [-0.3, -0.25) is 0 Å². The molecule has 0 bridgehead atoms. The van der Waals surface area contributed by atoms with E-state index in [2.05, 4.69) is 4.98 Å². The number of thiazole rings is 1. The smallest absolute Gasteiger partial charge is 0.229 e. The Morgan fingerprint density at radius 3 is 2.70 bits per heavy atom. The Labute approximate surface area is 125 Å². The van der Waals surface area contributed by atoms with Crippen molar-refractivity contribution in [2.75, 3.05) is 7.05 Å². The van der Waals surface area contributed by atoms with Crippen molar-refractivity contribution in [3.8, 4) is 0 Å². The summed E-state index contributed by atoms with van der Waals surface area (Å²) in [4.78, 5) is 3.90. The van der Waals surface area contributed by atoms with E-state index in [0.717, 1.165) is 15.6 Å². The number of sulfonamides is 1. The average Bonchev–Trinajstić information content (AvgIpc) is 2.69. The van der Waals surface area contributed by atoms with Crippen LogP contribution in [0, 0.1) is 12.7 Å². The van der Waals surface area contributed by atoms with Gasteiger partial charge in [0.15, 0.2) is 8.68 Å². The first-order chi connectivity index (χ1) is 9.30. The first-order valence-electron chi connectivity index (χ1n) is 5.64. The van der Waals surface area contributed by atoms with Gasteiger partial charge in [-0.25, -0.2) is 17.8 Å². The lowest BCUT2D eigenvalue weighted by Crippen LogP contribution is -2.26. The molecule has 1 heterocycles. The zero-order chi connectivity index (χ0) is 14.9. The quantitative estimate of drug-likeness (QED) is 0.863. The molecule has 0 spiro atoms. The molecule has 0 fully saturated rings. The normalized spacial score (nSPS) is 12.1. The molecular formula is C12H12ClFN2O2S2. The molecule has 2 aromatic rings. The molecule has 0 unspecified atom stereocenters. The molecule has 0 amide bonds. The van der Waals surface area contributed by atoms with Crippen molar-refractivity contribution >= 4 is 33.0 Å². The van der Waals surface area contributed by atoms with Gasteiger partial charge in [0, 0.05) is 13.6 Å². The predicted molar refractivity (Wildman–Crippen MR) is 76.9 cm³/mol. The fourth-order valence-corrected chi connectivity index (χ4v) is 4.79. The maximum absolute atomic E-state index is 13.1. The second kappa shape index (κ2) is 5.77. The first-order valence-corrected chi connectivity index (χ1v) is 8.28. The molecule has 20 heavy (non-hydrogen) atoms. The van der Waals surface area contributed by atoms with Gasteiger partial charge in [-0.1, -0.05) is 35.1 Å². The van der Waals surface area contributed by atoms with Crippen LogP contribution < -0.4 is 0 Å². The zero-order valence-corrected chi connectivity index (χ0v) is 13.2. The lowest BCUT2D eigenvalue weighted by atomic mass is 10.2. The second-order valence-electron chi connectivity index (χ2n) is 4.23. The van der Waals surface area contributed by atoms with Gasteiger partial charge in [-0.15, -0.1) is 0 Å². The maximum atomic E-state index is 13.1. The second-order valence-corrected chi connectivity index (χ2v) is 8.05. The molecule has 8 heteroatoms. The van der Waals surface area contributed by atoms with E-state index < -0.39 is 15.8 Å². The van der Waals surface area contributed by atoms with E-state index >= 15 is 0 Å². The molecule has 0 N–H and O–H groups in total. The van der Waals surface area contributed by atoms with Crippen molar-refractivity contribution in [3.63, 3.8) is 0 Å². The van der Waals surface area contributed by atoms with Crippen molar-refractivity contribution in [2.45, 2.75) is 17.7 Å². The molecule has 0 atom stereocenters. The van der Waals surface area contributed by atoms with Crippen LogP contribution in [0.1, 0.15) is 11.3 Å². The number of benzene rings is 1. The van der Waals surface area contributed by atoms with Crippen LogP contribution in [0.2, 0.25) is 4.47 Å². The third-order valence-electron chi connectivity index (χ3n) is 2.67. The van der Waals surface area contributed by atoms with Gasteiger partial charge >= 0.3 is 0 Å². The van der Waals surface area contributed by atoms with Gasteiger partial charge in [0.2, 0.25) is 0 Å². The van der Waals surface area contributed by atoms with Gasteiger partial charge in [-0.2, -0.15) is 4.31 Å². The van der Waals surface area contributed by atoms with Gasteiger partial charge in [0.1, 0.15) is 5.82 Å². The van der Waals surface area contributed by atoms with E-state index in [-0.39, 0.29) is 15.2 Å². The summed E-state index contributed by atoms with van der Waals surface area (Å²) in [7, 11) is -2.24. The van der Waals surface area contributed by atoms with Gasteiger partial charge < -0.3 is 0 Å². The highest BCUT2D eigenvalue weighted by Gasteiger charge is 2.26. The molecule has 1 aromatic carbocycles. The third-order valence-corrected chi connectivity index (χ3v) is 6.32. The van der Waals surface area contributed by atoms with Crippen LogP contribution in [0.3, 0.4) is 0 Å². The summed E-state index contributed by atoms with van der Waals surface area (Å²) in [6.45, 7) is 1.67. The van der Waals surface area contributed by atoms with Crippen LogP contribution >= 0.6 is 22.9 Å². The highest BCUT2D eigenvalue weighted by Crippen LogP contribution is 2.29. The topological polar surface area (TPSA) is 50.3 Å². The van der Waals surface area contributed by atoms with Crippen molar-refractivity contribution in [1.29, 1.82) is 0 Å². The Balaban J connectivity index is 2.28. The Hall–Kier alpha value is -1.02. The summed E-state index contributed by atoms with van der Waals surface area (Å²) in [5.41, 5.74) is 0.940. The summed E-state index contributed by atoms with van der Waals surface area (Å²) in [5, 5.41) is 0. The molecule has 0 radical (unpaired) electrons. The predicted octanol–water partition coefficient (Wildman–Crippen LogP) is 3.06. The third kappa shape index (κ3) is 3.17. The Kier molecular flexibility index (Phi) is 4.43. The molecule has 0 aliphatic rings. The minimum Gasteiger partial charge on any atom is -0.229 e. The first kappa shape index (κ1) is 15.4.